The minimum atomic E-state index is 0.429. The van der Waals surface area contributed by atoms with Crippen molar-refractivity contribution in [2.45, 2.75) is 6.54 Å². The van der Waals surface area contributed by atoms with Crippen LogP contribution in [0, 0.1) is 0 Å². The Balaban J connectivity index is 1.45. The van der Waals surface area contributed by atoms with Crippen LogP contribution in [0.15, 0.2) is 72.8 Å². The maximum atomic E-state index is 5.88. The third-order valence-corrected chi connectivity index (χ3v) is 3.87. The second kappa shape index (κ2) is 6.57. The molecule has 0 aliphatic rings. The number of para-hydroxylation sites is 1. The van der Waals surface area contributed by atoms with Gasteiger partial charge in [-0.15, -0.1) is 0 Å². The van der Waals surface area contributed by atoms with Gasteiger partial charge in [-0.25, -0.2) is 4.98 Å². The van der Waals surface area contributed by atoms with Gasteiger partial charge >= 0.3 is 0 Å². The van der Waals surface area contributed by atoms with Crippen molar-refractivity contribution in [3.8, 4) is 11.5 Å². The molecule has 1 heterocycles. The summed E-state index contributed by atoms with van der Waals surface area (Å²) in [5.41, 5.74) is 9.61. The lowest BCUT2D eigenvalue weighted by atomic mass is 10.2. The molecule has 4 N–H and O–H groups in total. The molecule has 0 unspecified atom stereocenters. The highest BCUT2D eigenvalue weighted by Crippen LogP contribution is 2.23. The van der Waals surface area contributed by atoms with Crippen LogP contribution in [-0.2, 0) is 6.54 Å². The van der Waals surface area contributed by atoms with Gasteiger partial charge < -0.3 is 20.8 Å². The Labute approximate surface area is 145 Å². The number of fused-ring (bicyclic) bond motifs is 1. The van der Waals surface area contributed by atoms with Crippen LogP contribution in [0.3, 0.4) is 0 Å². The Morgan fingerprint density at radius 2 is 1.76 bits per heavy atom. The predicted octanol–water partition coefficient (Wildman–Crippen LogP) is 4.55. The number of nitrogens with zero attached hydrogens (tertiary/aromatic N) is 1. The van der Waals surface area contributed by atoms with Gasteiger partial charge in [-0.05, 0) is 48.0 Å². The first-order valence-electron chi connectivity index (χ1n) is 8.07. The van der Waals surface area contributed by atoms with Crippen molar-refractivity contribution in [1.82, 2.24) is 9.97 Å². The maximum Gasteiger partial charge on any atom is 0.198 e. The molecule has 4 rings (SSSR count). The number of imidazole rings is 1. The molecule has 0 saturated carbocycles. The van der Waals surface area contributed by atoms with E-state index in [9.17, 15) is 0 Å². The summed E-state index contributed by atoms with van der Waals surface area (Å²) in [4.78, 5) is 7.24. The molecule has 5 heteroatoms. The van der Waals surface area contributed by atoms with Gasteiger partial charge in [-0.2, -0.15) is 0 Å². The molecule has 25 heavy (non-hydrogen) atoms. The van der Waals surface area contributed by atoms with Gasteiger partial charge in [0.25, 0.3) is 0 Å². The van der Waals surface area contributed by atoms with E-state index < -0.39 is 0 Å². The lowest BCUT2D eigenvalue weighted by Gasteiger charge is -2.09. The summed E-state index contributed by atoms with van der Waals surface area (Å²) < 4.78 is 5.88. The highest BCUT2D eigenvalue weighted by Gasteiger charge is 2.02. The van der Waals surface area contributed by atoms with Crippen molar-refractivity contribution in [1.29, 1.82) is 0 Å². The largest absolute Gasteiger partial charge is 0.457 e. The van der Waals surface area contributed by atoms with E-state index in [2.05, 4.69) is 21.4 Å². The second-order valence-electron chi connectivity index (χ2n) is 5.77. The number of ether oxygens (including phenoxy) is 1. The molecule has 1 aromatic heterocycles. The molecule has 0 spiro atoms. The number of nitrogens with one attached hydrogen (secondary N) is 2. The third kappa shape index (κ3) is 3.55. The van der Waals surface area contributed by atoms with Crippen molar-refractivity contribution in [2.24, 2.45) is 0 Å². The van der Waals surface area contributed by atoms with Crippen LogP contribution >= 0.6 is 0 Å². The molecule has 0 atom stereocenters. The Morgan fingerprint density at radius 3 is 2.64 bits per heavy atom. The van der Waals surface area contributed by atoms with Gasteiger partial charge in [0.1, 0.15) is 11.5 Å². The van der Waals surface area contributed by atoms with E-state index in [0.29, 0.717) is 12.5 Å². The highest BCUT2D eigenvalue weighted by molar-refractivity contribution is 5.80. The number of nitrogen functional groups attached to an aromatic ring is 1. The van der Waals surface area contributed by atoms with Gasteiger partial charge in [0.2, 0.25) is 0 Å². The highest BCUT2D eigenvalue weighted by atomic mass is 16.5. The van der Waals surface area contributed by atoms with E-state index in [1.54, 1.807) is 0 Å². The zero-order chi connectivity index (χ0) is 17.1. The lowest BCUT2D eigenvalue weighted by Crippen LogP contribution is -1.99. The van der Waals surface area contributed by atoms with Gasteiger partial charge in [0.15, 0.2) is 5.95 Å². The van der Waals surface area contributed by atoms with Crippen LogP contribution in [0.25, 0.3) is 11.0 Å². The SMILES string of the molecule is Nc1nc2ccc(NCc3cccc(Oc4ccccc4)c3)cc2[nH]1. The first kappa shape index (κ1) is 15.1. The summed E-state index contributed by atoms with van der Waals surface area (Å²) in [6.07, 6.45) is 0. The van der Waals surface area contributed by atoms with E-state index in [-0.39, 0.29) is 0 Å². The van der Waals surface area contributed by atoms with Gasteiger partial charge in [-0.1, -0.05) is 30.3 Å². The summed E-state index contributed by atoms with van der Waals surface area (Å²) >= 11 is 0. The third-order valence-electron chi connectivity index (χ3n) is 3.87. The maximum absolute atomic E-state index is 5.88. The van der Waals surface area contributed by atoms with E-state index in [0.717, 1.165) is 33.8 Å². The fraction of sp³-hybridized carbons (Fsp3) is 0.0500. The number of aromatic amines is 1. The van der Waals surface area contributed by atoms with Crippen LogP contribution in [0.5, 0.6) is 11.5 Å². The zero-order valence-corrected chi connectivity index (χ0v) is 13.6. The molecular weight excluding hydrogens is 312 g/mol. The quantitative estimate of drug-likeness (QED) is 0.502. The number of rotatable bonds is 5. The van der Waals surface area contributed by atoms with E-state index >= 15 is 0 Å². The Bertz CT molecular complexity index is 995. The number of aromatic nitrogens is 2. The zero-order valence-electron chi connectivity index (χ0n) is 13.6. The van der Waals surface area contributed by atoms with Crippen LogP contribution in [0.2, 0.25) is 0 Å². The molecule has 3 aromatic carbocycles. The van der Waals surface area contributed by atoms with E-state index in [4.69, 9.17) is 10.5 Å². The number of anilines is 2. The number of hydrogen-bond donors (Lipinski definition) is 3. The molecule has 0 bridgehead atoms. The minimum Gasteiger partial charge on any atom is -0.457 e. The summed E-state index contributed by atoms with van der Waals surface area (Å²) in [5, 5.41) is 3.41. The second-order valence-corrected chi connectivity index (χ2v) is 5.77. The average molecular weight is 330 g/mol. The molecule has 0 aliphatic carbocycles. The Kier molecular flexibility index (Phi) is 3.96. The smallest absolute Gasteiger partial charge is 0.198 e. The van der Waals surface area contributed by atoms with Crippen molar-refractivity contribution < 1.29 is 4.74 Å². The summed E-state index contributed by atoms with van der Waals surface area (Å²) in [5.74, 6) is 2.08. The van der Waals surface area contributed by atoms with E-state index in [1.165, 1.54) is 0 Å². The van der Waals surface area contributed by atoms with Crippen molar-refractivity contribution in [2.75, 3.05) is 11.1 Å². The normalized spacial score (nSPS) is 10.7. The lowest BCUT2D eigenvalue weighted by molar-refractivity contribution is 0.482. The van der Waals surface area contributed by atoms with Gasteiger partial charge in [0, 0.05) is 12.2 Å². The van der Waals surface area contributed by atoms with Crippen LogP contribution in [0.4, 0.5) is 11.6 Å². The summed E-state index contributed by atoms with van der Waals surface area (Å²) in [7, 11) is 0. The molecule has 0 aliphatic heterocycles. The Morgan fingerprint density at radius 1 is 0.920 bits per heavy atom. The molecule has 0 fully saturated rings. The predicted molar refractivity (Wildman–Crippen MR) is 101 cm³/mol. The number of nitrogens with two attached hydrogens (primary N) is 1. The number of H-pyrrole nitrogens is 1. The monoisotopic (exact) mass is 330 g/mol. The van der Waals surface area contributed by atoms with Crippen LogP contribution < -0.4 is 15.8 Å². The van der Waals surface area contributed by atoms with Crippen molar-refractivity contribution in [3.05, 3.63) is 78.4 Å². The average Bonchev–Trinajstić information content (AvgIpc) is 3.00. The summed E-state index contributed by atoms with van der Waals surface area (Å²) in [6, 6.07) is 23.8. The molecule has 0 amide bonds. The summed E-state index contributed by atoms with van der Waals surface area (Å²) in [6.45, 7) is 0.696. The van der Waals surface area contributed by atoms with Crippen LogP contribution in [-0.4, -0.2) is 9.97 Å². The number of hydrogen-bond acceptors (Lipinski definition) is 4. The Hall–Kier alpha value is -3.47. The first-order valence-corrected chi connectivity index (χ1v) is 8.07. The van der Waals surface area contributed by atoms with Crippen molar-refractivity contribution >= 4 is 22.7 Å². The molecule has 0 saturated heterocycles. The minimum absolute atomic E-state index is 0.429. The van der Waals surface area contributed by atoms with Crippen LogP contribution in [0.1, 0.15) is 5.56 Å². The topological polar surface area (TPSA) is 76.0 Å². The van der Waals surface area contributed by atoms with Gasteiger partial charge in [0.05, 0.1) is 11.0 Å². The van der Waals surface area contributed by atoms with E-state index in [1.807, 2.05) is 66.7 Å². The molecule has 5 nitrogen and oxygen atoms in total. The standard InChI is InChI=1S/C20H18N4O/c21-20-23-18-10-9-15(12-19(18)24-20)22-13-14-5-4-8-17(11-14)25-16-6-2-1-3-7-16/h1-12,22H,13H2,(H3,21,23,24). The molecule has 4 aromatic rings. The fourth-order valence-electron chi connectivity index (χ4n) is 2.69. The van der Waals surface area contributed by atoms with Gasteiger partial charge in [-0.3, -0.25) is 0 Å². The molecule has 0 radical (unpaired) electrons. The molecule has 124 valence electrons. The fourth-order valence-corrected chi connectivity index (χ4v) is 2.69. The van der Waals surface area contributed by atoms with Crippen molar-refractivity contribution in [3.63, 3.8) is 0 Å². The number of benzene rings is 3. The molecular formula is C20H18N4O. The first-order chi connectivity index (χ1) is 12.3.